The van der Waals surface area contributed by atoms with Gasteiger partial charge in [0.2, 0.25) is 0 Å². The second kappa shape index (κ2) is 5.71. The van der Waals surface area contributed by atoms with E-state index in [1.807, 2.05) is 0 Å². The largest absolute Gasteiger partial charge is 0.394 e. The van der Waals surface area contributed by atoms with Crippen molar-refractivity contribution in [3.05, 3.63) is 0 Å². The van der Waals surface area contributed by atoms with Gasteiger partial charge in [-0.1, -0.05) is 12.8 Å². The Morgan fingerprint density at radius 3 is 2.53 bits per heavy atom. The molecule has 0 aromatic carbocycles. The van der Waals surface area contributed by atoms with E-state index in [1.165, 1.54) is 51.5 Å². The zero-order valence-electron chi connectivity index (χ0n) is 12.4. The average molecular weight is 266 g/mol. The quantitative estimate of drug-likeness (QED) is 0.773. The molecule has 2 N–H and O–H groups in total. The lowest BCUT2D eigenvalue weighted by Crippen LogP contribution is -2.49. The van der Waals surface area contributed by atoms with E-state index >= 15 is 0 Å². The molecule has 2 atom stereocenters. The van der Waals surface area contributed by atoms with Gasteiger partial charge >= 0.3 is 0 Å². The van der Waals surface area contributed by atoms with E-state index in [4.69, 9.17) is 0 Å². The molecule has 3 rings (SSSR count). The fourth-order valence-corrected chi connectivity index (χ4v) is 4.20. The highest BCUT2D eigenvalue weighted by molar-refractivity contribution is 5.02. The van der Waals surface area contributed by atoms with Gasteiger partial charge in [0.25, 0.3) is 0 Å². The normalized spacial score (nSPS) is 36.5. The van der Waals surface area contributed by atoms with Crippen molar-refractivity contribution < 1.29 is 5.11 Å². The minimum Gasteiger partial charge on any atom is -0.394 e. The summed E-state index contributed by atoms with van der Waals surface area (Å²) in [5, 5.41) is 13.5. The van der Waals surface area contributed by atoms with E-state index in [-0.39, 0.29) is 5.54 Å². The van der Waals surface area contributed by atoms with Gasteiger partial charge in [0.05, 0.1) is 6.61 Å². The van der Waals surface area contributed by atoms with Crippen LogP contribution in [0.4, 0.5) is 0 Å². The highest BCUT2D eigenvalue weighted by atomic mass is 16.3. The molecular weight excluding hydrogens is 236 g/mol. The van der Waals surface area contributed by atoms with Gasteiger partial charge < -0.3 is 15.3 Å². The zero-order chi connectivity index (χ0) is 13.3. The molecule has 3 saturated carbocycles. The monoisotopic (exact) mass is 266 g/mol. The van der Waals surface area contributed by atoms with Crippen molar-refractivity contribution in [2.24, 2.45) is 5.92 Å². The van der Waals surface area contributed by atoms with Gasteiger partial charge in [0.1, 0.15) is 0 Å². The van der Waals surface area contributed by atoms with E-state index in [2.05, 4.69) is 17.3 Å². The van der Waals surface area contributed by atoms with Crippen LogP contribution in [0.5, 0.6) is 0 Å². The SMILES string of the molecule is CN(CC1CCCC1)C1CCC(CO)(NC2CC2)C1. The van der Waals surface area contributed by atoms with Crippen LogP contribution in [0.1, 0.15) is 57.8 Å². The number of rotatable bonds is 6. The molecule has 0 heterocycles. The summed E-state index contributed by atoms with van der Waals surface area (Å²) in [6, 6.07) is 1.38. The highest BCUT2D eigenvalue weighted by Crippen LogP contribution is 2.36. The molecule has 0 bridgehead atoms. The Balaban J connectivity index is 1.51. The van der Waals surface area contributed by atoms with E-state index in [1.54, 1.807) is 0 Å². The minimum atomic E-state index is 0.0375. The molecule has 3 aliphatic carbocycles. The highest BCUT2D eigenvalue weighted by Gasteiger charge is 2.43. The molecule has 0 spiro atoms. The summed E-state index contributed by atoms with van der Waals surface area (Å²) in [6.07, 6.45) is 11.9. The fraction of sp³-hybridized carbons (Fsp3) is 1.00. The maximum Gasteiger partial charge on any atom is 0.0614 e. The summed E-state index contributed by atoms with van der Waals surface area (Å²) < 4.78 is 0. The molecule has 0 amide bonds. The zero-order valence-corrected chi connectivity index (χ0v) is 12.4. The summed E-state index contributed by atoms with van der Waals surface area (Å²) in [6.45, 7) is 1.59. The standard InChI is InChI=1S/C16H30N2O/c1-18(11-13-4-2-3-5-13)15-8-9-16(10-15,12-19)17-14-6-7-14/h13-15,17,19H,2-12H2,1H3. The Labute approximate surface area is 117 Å². The summed E-state index contributed by atoms with van der Waals surface area (Å²) in [5.41, 5.74) is 0.0375. The number of aliphatic hydroxyl groups excluding tert-OH is 1. The Morgan fingerprint density at radius 2 is 1.89 bits per heavy atom. The van der Waals surface area contributed by atoms with Gasteiger partial charge in [-0.2, -0.15) is 0 Å². The Hall–Kier alpha value is -0.120. The van der Waals surface area contributed by atoms with Crippen LogP contribution in [0.2, 0.25) is 0 Å². The number of nitrogens with zero attached hydrogens (tertiary/aromatic N) is 1. The first-order valence-corrected chi connectivity index (χ1v) is 8.29. The Morgan fingerprint density at radius 1 is 1.16 bits per heavy atom. The van der Waals surface area contributed by atoms with Crippen molar-refractivity contribution in [3.8, 4) is 0 Å². The third-order valence-electron chi connectivity index (χ3n) is 5.62. The van der Waals surface area contributed by atoms with Crippen LogP contribution < -0.4 is 5.32 Å². The van der Waals surface area contributed by atoms with Crippen molar-refractivity contribution in [1.29, 1.82) is 0 Å². The summed E-state index contributed by atoms with van der Waals surface area (Å²) in [4.78, 5) is 2.59. The molecule has 2 unspecified atom stereocenters. The molecule has 3 aliphatic rings. The Kier molecular flexibility index (Phi) is 4.16. The first-order chi connectivity index (χ1) is 9.21. The van der Waals surface area contributed by atoms with Crippen LogP contribution in [-0.4, -0.2) is 47.8 Å². The van der Waals surface area contributed by atoms with Gasteiger partial charge in [0.15, 0.2) is 0 Å². The van der Waals surface area contributed by atoms with Crippen LogP contribution in [-0.2, 0) is 0 Å². The summed E-state index contributed by atoms with van der Waals surface area (Å²) in [5.74, 6) is 0.936. The van der Waals surface area contributed by atoms with Gasteiger partial charge in [-0.05, 0) is 57.9 Å². The number of aliphatic hydroxyl groups is 1. The van der Waals surface area contributed by atoms with E-state index in [0.29, 0.717) is 18.7 Å². The molecular formula is C16H30N2O. The third kappa shape index (κ3) is 3.32. The first-order valence-electron chi connectivity index (χ1n) is 8.29. The lowest BCUT2D eigenvalue weighted by Gasteiger charge is -2.32. The van der Waals surface area contributed by atoms with Gasteiger partial charge in [-0.25, -0.2) is 0 Å². The van der Waals surface area contributed by atoms with Gasteiger partial charge in [0, 0.05) is 24.2 Å². The lowest BCUT2D eigenvalue weighted by molar-refractivity contribution is 0.144. The number of hydrogen-bond acceptors (Lipinski definition) is 3. The molecule has 0 saturated heterocycles. The molecule has 19 heavy (non-hydrogen) atoms. The van der Waals surface area contributed by atoms with Crippen molar-refractivity contribution in [1.82, 2.24) is 10.2 Å². The molecule has 0 radical (unpaired) electrons. The molecule has 3 heteroatoms. The predicted molar refractivity (Wildman–Crippen MR) is 78.2 cm³/mol. The van der Waals surface area contributed by atoms with E-state index < -0.39 is 0 Å². The van der Waals surface area contributed by atoms with Crippen LogP contribution in [0, 0.1) is 5.92 Å². The maximum absolute atomic E-state index is 9.80. The first kappa shape index (κ1) is 13.8. The molecule has 0 aromatic heterocycles. The maximum atomic E-state index is 9.80. The summed E-state index contributed by atoms with van der Waals surface area (Å²) >= 11 is 0. The number of hydrogen-bond donors (Lipinski definition) is 2. The topological polar surface area (TPSA) is 35.5 Å². The molecule has 110 valence electrons. The molecule has 0 aromatic rings. The van der Waals surface area contributed by atoms with Crippen molar-refractivity contribution in [3.63, 3.8) is 0 Å². The lowest BCUT2D eigenvalue weighted by atomic mass is 9.98. The second-order valence-electron chi connectivity index (χ2n) is 7.34. The van der Waals surface area contributed by atoms with Crippen LogP contribution in [0.3, 0.4) is 0 Å². The van der Waals surface area contributed by atoms with Crippen LogP contribution in [0.15, 0.2) is 0 Å². The van der Waals surface area contributed by atoms with Crippen LogP contribution in [0.25, 0.3) is 0 Å². The fourth-order valence-electron chi connectivity index (χ4n) is 4.20. The minimum absolute atomic E-state index is 0.0375. The molecule has 0 aliphatic heterocycles. The van der Waals surface area contributed by atoms with Gasteiger partial charge in [-0.3, -0.25) is 0 Å². The number of nitrogens with one attached hydrogen (secondary N) is 1. The van der Waals surface area contributed by atoms with E-state index in [9.17, 15) is 5.11 Å². The van der Waals surface area contributed by atoms with Crippen LogP contribution >= 0.6 is 0 Å². The average Bonchev–Trinajstić information content (AvgIpc) is 2.92. The predicted octanol–water partition coefficient (Wildman–Crippen LogP) is 2.14. The van der Waals surface area contributed by atoms with Gasteiger partial charge in [-0.15, -0.1) is 0 Å². The third-order valence-corrected chi connectivity index (χ3v) is 5.62. The van der Waals surface area contributed by atoms with Crippen molar-refractivity contribution >= 4 is 0 Å². The van der Waals surface area contributed by atoms with Crippen molar-refractivity contribution in [2.45, 2.75) is 75.4 Å². The van der Waals surface area contributed by atoms with Crippen molar-refractivity contribution in [2.75, 3.05) is 20.2 Å². The summed E-state index contributed by atoms with van der Waals surface area (Å²) in [7, 11) is 2.30. The second-order valence-corrected chi connectivity index (χ2v) is 7.34. The van der Waals surface area contributed by atoms with E-state index in [0.717, 1.165) is 18.8 Å². The molecule has 3 fully saturated rings. The Bertz CT molecular complexity index is 299. The molecule has 3 nitrogen and oxygen atoms in total. The smallest absolute Gasteiger partial charge is 0.0614 e.